The van der Waals surface area contributed by atoms with Crippen LogP contribution in [0.5, 0.6) is 0 Å². The summed E-state index contributed by atoms with van der Waals surface area (Å²) in [5, 5.41) is 5.10. The molecule has 0 saturated carbocycles. The van der Waals surface area contributed by atoms with Crippen LogP contribution < -0.4 is 0 Å². The first-order valence-corrected chi connectivity index (χ1v) is 8.99. The van der Waals surface area contributed by atoms with Crippen molar-refractivity contribution in [1.82, 2.24) is 14.7 Å². The van der Waals surface area contributed by atoms with Crippen molar-refractivity contribution in [2.45, 2.75) is 0 Å². The molecular weight excluding hydrogens is 369 g/mol. The van der Waals surface area contributed by atoms with E-state index in [1.807, 2.05) is 0 Å². The van der Waals surface area contributed by atoms with Gasteiger partial charge in [0.2, 0.25) is 0 Å². The normalized spacial score (nSPS) is 14.4. The summed E-state index contributed by atoms with van der Waals surface area (Å²) in [5.41, 5.74) is 1.80. The maximum atomic E-state index is 14.2. The van der Waals surface area contributed by atoms with Crippen LogP contribution in [0, 0.1) is 5.82 Å². The van der Waals surface area contributed by atoms with Crippen molar-refractivity contribution in [3.8, 4) is 16.9 Å². The molecule has 0 spiro atoms. The molecule has 27 heavy (non-hydrogen) atoms. The van der Waals surface area contributed by atoms with Crippen LogP contribution in [-0.2, 0) is 4.74 Å². The molecule has 4 rings (SSSR count). The lowest BCUT2D eigenvalue weighted by Gasteiger charge is -2.26. The maximum absolute atomic E-state index is 14.2. The molecule has 0 unspecified atom stereocenters. The van der Waals surface area contributed by atoms with Crippen molar-refractivity contribution in [1.29, 1.82) is 0 Å². The molecule has 2 aromatic carbocycles. The quantitative estimate of drug-likeness (QED) is 0.689. The van der Waals surface area contributed by atoms with Gasteiger partial charge in [-0.15, -0.1) is 0 Å². The predicted molar refractivity (Wildman–Crippen MR) is 101 cm³/mol. The lowest BCUT2D eigenvalue weighted by Crippen LogP contribution is -2.41. The number of aromatic nitrogens is 2. The molecule has 1 aliphatic heterocycles. The molecule has 7 heteroatoms. The van der Waals surface area contributed by atoms with E-state index >= 15 is 0 Å². The van der Waals surface area contributed by atoms with Gasteiger partial charge in [-0.05, 0) is 42.5 Å². The van der Waals surface area contributed by atoms with E-state index in [2.05, 4.69) is 5.10 Å². The summed E-state index contributed by atoms with van der Waals surface area (Å²) in [6.07, 6.45) is 0. The van der Waals surface area contributed by atoms with Gasteiger partial charge in [-0.2, -0.15) is 5.10 Å². The van der Waals surface area contributed by atoms with Crippen LogP contribution in [0.15, 0.2) is 54.6 Å². The largest absolute Gasteiger partial charge is 0.378 e. The van der Waals surface area contributed by atoms with Crippen LogP contribution in [0.1, 0.15) is 10.5 Å². The van der Waals surface area contributed by atoms with Crippen LogP contribution in [0.3, 0.4) is 0 Å². The van der Waals surface area contributed by atoms with Crippen LogP contribution in [0.2, 0.25) is 5.02 Å². The monoisotopic (exact) mass is 385 g/mol. The molecule has 0 aliphatic carbocycles. The number of carbonyl (C=O) groups excluding carboxylic acids is 1. The summed E-state index contributed by atoms with van der Waals surface area (Å²) >= 11 is 5.98. The highest BCUT2D eigenvalue weighted by molar-refractivity contribution is 6.30. The Morgan fingerprint density at radius 3 is 2.48 bits per heavy atom. The van der Waals surface area contributed by atoms with E-state index in [0.29, 0.717) is 54.0 Å². The topological polar surface area (TPSA) is 47.4 Å². The Hall–Kier alpha value is -2.70. The van der Waals surface area contributed by atoms with Crippen LogP contribution >= 0.6 is 11.6 Å². The fourth-order valence-corrected chi connectivity index (χ4v) is 3.17. The number of ether oxygens (including phenoxy) is 1. The summed E-state index contributed by atoms with van der Waals surface area (Å²) in [6.45, 7) is 2.03. The number of hydrogen-bond donors (Lipinski definition) is 0. The third-order valence-corrected chi connectivity index (χ3v) is 4.70. The van der Waals surface area contributed by atoms with Gasteiger partial charge in [-0.1, -0.05) is 23.7 Å². The van der Waals surface area contributed by atoms with E-state index in [0.717, 1.165) is 0 Å². The van der Waals surface area contributed by atoms with E-state index in [1.165, 1.54) is 10.7 Å². The van der Waals surface area contributed by atoms with Gasteiger partial charge in [0.1, 0.15) is 11.5 Å². The first-order chi connectivity index (χ1) is 13.1. The van der Waals surface area contributed by atoms with Crippen molar-refractivity contribution in [2.75, 3.05) is 26.3 Å². The van der Waals surface area contributed by atoms with E-state index in [-0.39, 0.29) is 11.7 Å². The second-order valence-electron chi connectivity index (χ2n) is 6.19. The molecule has 2 heterocycles. The fourth-order valence-electron chi connectivity index (χ4n) is 3.04. The number of halogens is 2. The van der Waals surface area contributed by atoms with Gasteiger partial charge in [0.25, 0.3) is 5.91 Å². The molecule has 0 atom stereocenters. The van der Waals surface area contributed by atoms with E-state index in [9.17, 15) is 9.18 Å². The van der Waals surface area contributed by atoms with Crippen molar-refractivity contribution >= 4 is 17.5 Å². The molecular formula is C20H17ClFN3O2. The zero-order valence-corrected chi connectivity index (χ0v) is 15.2. The molecule has 138 valence electrons. The van der Waals surface area contributed by atoms with E-state index in [4.69, 9.17) is 16.3 Å². The van der Waals surface area contributed by atoms with Gasteiger partial charge < -0.3 is 9.64 Å². The van der Waals surface area contributed by atoms with Gasteiger partial charge in [0.05, 0.1) is 24.6 Å². The van der Waals surface area contributed by atoms with Crippen LogP contribution in [0.25, 0.3) is 16.9 Å². The third-order valence-electron chi connectivity index (χ3n) is 4.45. The smallest absolute Gasteiger partial charge is 0.272 e. The predicted octanol–water partition coefficient (Wildman–Crippen LogP) is 3.80. The van der Waals surface area contributed by atoms with Gasteiger partial charge >= 0.3 is 0 Å². The Balaban J connectivity index is 1.81. The summed E-state index contributed by atoms with van der Waals surface area (Å²) in [7, 11) is 0. The summed E-state index contributed by atoms with van der Waals surface area (Å²) in [4.78, 5) is 14.8. The Kier molecular flexibility index (Phi) is 4.92. The Bertz CT molecular complexity index is 966. The Morgan fingerprint density at radius 2 is 1.78 bits per heavy atom. The number of rotatable bonds is 3. The second-order valence-corrected chi connectivity index (χ2v) is 6.62. The number of nitrogens with zero attached hydrogens (tertiary/aromatic N) is 3. The SMILES string of the molecule is O=C(c1cc(-c2ccccc2F)nn1-c1ccc(Cl)cc1)N1CCOCC1. The molecule has 0 N–H and O–H groups in total. The van der Waals surface area contributed by atoms with Crippen LogP contribution in [-0.4, -0.2) is 46.9 Å². The highest BCUT2D eigenvalue weighted by atomic mass is 35.5. The van der Waals surface area contributed by atoms with Crippen molar-refractivity contribution in [2.24, 2.45) is 0 Å². The molecule has 1 aliphatic rings. The Morgan fingerprint density at radius 1 is 1.07 bits per heavy atom. The first-order valence-electron chi connectivity index (χ1n) is 8.61. The van der Waals surface area contributed by atoms with Gasteiger partial charge in [0, 0.05) is 23.7 Å². The average Bonchev–Trinajstić information content (AvgIpc) is 3.14. The molecule has 0 radical (unpaired) electrons. The highest BCUT2D eigenvalue weighted by Gasteiger charge is 2.25. The second kappa shape index (κ2) is 7.50. The van der Waals surface area contributed by atoms with E-state index < -0.39 is 0 Å². The average molecular weight is 386 g/mol. The van der Waals surface area contributed by atoms with Gasteiger partial charge in [-0.25, -0.2) is 9.07 Å². The first kappa shape index (κ1) is 17.7. The van der Waals surface area contributed by atoms with Crippen molar-refractivity contribution in [3.05, 3.63) is 71.1 Å². The zero-order valence-electron chi connectivity index (χ0n) is 14.4. The third kappa shape index (κ3) is 3.59. The number of carbonyl (C=O) groups is 1. The molecule has 1 aromatic heterocycles. The number of morpholine rings is 1. The van der Waals surface area contributed by atoms with Gasteiger partial charge in [-0.3, -0.25) is 4.79 Å². The minimum atomic E-state index is -0.386. The highest BCUT2D eigenvalue weighted by Crippen LogP contribution is 2.25. The molecule has 1 fully saturated rings. The van der Waals surface area contributed by atoms with E-state index in [1.54, 1.807) is 53.4 Å². The minimum absolute atomic E-state index is 0.164. The number of hydrogen-bond acceptors (Lipinski definition) is 3. The molecule has 1 saturated heterocycles. The molecule has 0 bridgehead atoms. The van der Waals surface area contributed by atoms with Crippen molar-refractivity contribution < 1.29 is 13.9 Å². The lowest BCUT2D eigenvalue weighted by atomic mass is 10.1. The number of benzene rings is 2. The zero-order chi connectivity index (χ0) is 18.8. The standard InChI is InChI=1S/C20H17ClFN3O2/c21-14-5-7-15(8-6-14)25-19(20(26)24-9-11-27-12-10-24)13-18(23-25)16-3-1-2-4-17(16)22/h1-8,13H,9-12H2. The Labute approximate surface area is 160 Å². The lowest BCUT2D eigenvalue weighted by molar-refractivity contribution is 0.0297. The number of amides is 1. The van der Waals surface area contributed by atoms with Crippen LogP contribution in [0.4, 0.5) is 4.39 Å². The fraction of sp³-hybridized carbons (Fsp3) is 0.200. The molecule has 1 amide bonds. The molecule has 5 nitrogen and oxygen atoms in total. The minimum Gasteiger partial charge on any atom is -0.378 e. The van der Waals surface area contributed by atoms with Gasteiger partial charge in [0.15, 0.2) is 0 Å². The molecule has 3 aromatic rings. The maximum Gasteiger partial charge on any atom is 0.272 e. The summed E-state index contributed by atoms with van der Waals surface area (Å²) in [6, 6.07) is 15.0. The van der Waals surface area contributed by atoms with Crippen molar-refractivity contribution in [3.63, 3.8) is 0 Å². The summed E-state index contributed by atoms with van der Waals surface area (Å²) in [5.74, 6) is -0.549. The summed E-state index contributed by atoms with van der Waals surface area (Å²) < 4.78 is 21.1.